The van der Waals surface area contributed by atoms with Gasteiger partial charge in [-0.15, -0.1) is 0 Å². The molecule has 2 N–H and O–H groups in total. The number of carbonyl (C=O) groups excluding carboxylic acids is 2. The van der Waals surface area contributed by atoms with Crippen LogP contribution in [0, 0.1) is 6.92 Å². The first kappa shape index (κ1) is 26.3. The number of ether oxygens (including phenoxy) is 1. The highest BCUT2D eigenvalue weighted by molar-refractivity contribution is 7.89. The quantitative estimate of drug-likeness (QED) is 0.516. The van der Waals surface area contributed by atoms with E-state index in [0.29, 0.717) is 30.2 Å². The standard InChI is InChI=1S/C23H32N4O5S/c1-6-27(7-2)33(30,31)20-13-8-17(3)21(14-20)25-23(29)16-26(4)15-22(28)24-18-9-11-19(32-5)12-10-18/h8-14H,6-7,15-16H2,1-5H3,(H,24,28)(H,25,29). The van der Waals surface area contributed by atoms with Crippen LogP contribution in [0.2, 0.25) is 0 Å². The summed E-state index contributed by atoms with van der Waals surface area (Å²) in [6, 6.07) is 11.6. The van der Waals surface area contributed by atoms with Crippen molar-refractivity contribution in [1.29, 1.82) is 0 Å². The maximum atomic E-state index is 12.8. The SMILES string of the molecule is CCN(CC)S(=O)(=O)c1ccc(C)c(NC(=O)CN(C)CC(=O)Nc2ccc(OC)cc2)c1. The van der Waals surface area contributed by atoms with Crippen LogP contribution >= 0.6 is 0 Å². The van der Waals surface area contributed by atoms with Crippen LogP contribution in [0.3, 0.4) is 0 Å². The molecule has 33 heavy (non-hydrogen) atoms. The molecule has 0 atom stereocenters. The minimum Gasteiger partial charge on any atom is -0.497 e. The van der Waals surface area contributed by atoms with E-state index < -0.39 is 10.0 Å². The minimum atomic E-state index is -3.64. The lowest BCUT2D eigenvalue weighted by Crippen LogP contribution is -2.36. The van der Waals surface area contributed by atoms with Gasteiger partial charge >= 0.3 is 0 Å². The first-order chi connectivity index (χ1) is 15.6. The second-order valence-electron chi connectivity index (χ2n) is 7.56. The summed E-state index contributed by atoms with van der Waals surface area (Å²) in [5, 5.41) is 5.52. The monoisotopic (exact) mass is 476 g/mol. The molecule has 0 spiro atoms. The first-order valence-electron chi connectivity index (χ1n) is 10.6. The van der Waals surface area contributed by atoms with E-state index in [9.17, 15) is 18.0 Å². The number of benzene rings is 2. The van der Waals surface area contributed by atoms with Gasteiger partial charge in [-0.1, -0.05) is 19.9 Å². The Morgan fingerprint density at radius 3 is 2.06 bits per heavy atom. The molecule has 9 nitrogen and oxygen atoms in total. The summed E-state index contributed by atoms with van der Waals surface area (Å²) in [6.07, 6.45) is 0. The third-order valence-corrected chi connectivity index (χ3v) is 7.07. The zero-order chi connectivity index (χ0) is 24.6. The van der Waals surface area contributed by atoms with E-state index in [1.165, 1.54) is 16.4 Å². The van der Waals surface area contributed by atoms with Gasteiger partial charge in [0.2, 0.25) is 21.8 Å². The molecule has 10 heteroatoms. The van der Waals surface area contributed by atoms with Gasteiger partial charge in [-0.25, -0.2) is 8.42 Å². The fourth-order valence-electron chi connectivity index (χ4n) is 3.22. The van der Waals surface area contributed by atoms with Crippen molar-refractivity contribution in [1.82, 2.24) is 9.21 Å². The van der Waals surface area contributed by atoms with E-state index in [2.05, 4.69) is 10.6 Å². The number of sulfonamides is 1. The molecule has 0 aliphatic heterocycles. The van der Waals surface area contributed by atoms with Crippen molar-refractivity contribution in [3.05, 3.63) is 48.0 Å². The van der Waals surface area contributed by atoms with Gasteiger partial charge in [0.15, 0.2) is 0 Å². The normalized spacial score (nSPS) is 11.5. The predicted octanol–water partition coefficient (Wildman–Crippen LogP) is 2.54. The van der Waals surface area contributed by atoms with Crippen molar-refractivity contribution < 1.29 is 22.7 Å². The van der Waals surface area contributed by atoms with Crippen LogP contribution in [0.5, 0.6) is 5.75 Å². The molecule has 0 bridgehead atoms. The molecule has 2 aromatic carbocycles. The van der Waals surface area contributed by atoms with Crippen molar-refractivity contribution in [2.45, 2.75) is 25.7 Å². The summed E-state index contributed by atoms with van der Waals surface area (Å²) in [5.41, 5.74) is 1.78. The first-order valence-corrected chi connectivity index (χ1v) is 12.1. The van der Waals surface area contributed by atoms with Crippen LogP contribution < -0.4 is 15.4 Å². The predicted molar refractivity (Wildman–Crippen MR) is 129 cm³/mol. The largest absolute Gasteiger partial charge is 0.497 e. The molecule has 0 aliphatic rings. The molecule has 2 amide bonds. The topological polar surface area (TPSA) is 108 Å². The highest BCUT2D eigenvalue weighted by Gasteiger charge is 2.22. The van der Waals surface area contributed by atoms with Crippen molar-refractivity contribution in [3.63, 3.8) is 0 Å². The Morgan fingerprint density at radius 1 is 0.939 bits per heavy atom. The number of nitrogens with zero attached hydrogens (tertiary/aromatic N) is 2. The molecule has 0 aliphatic carbocycles. The molecule has 2 aromatic rings. The number of anilines is 2. The number of rotatable bonds is 11. The molecule has 0 fully saturated rings. The van der Waals surface area contributed by atoms with Gasteiger partial charge in [-0.2, -0.15) is 4.31 Å². The van der Waals surface area contributed by atoms with Crippen molar-refractivity contribution in [3.8, 4) is 5.75 Å². The number of likely N-dealkylation sites (N-methyl/N-ethyl adjacent to an activating group) is 1. The van der Waals surface area contributed by atoms with E-state index in [0.717, 1.165) is 5.56 Å². The van der Waals surface area contributed by atoms with Crippen molar-refractivity contribution >= 4 is 33.2 Å². The van der Waals surface area contributed by atoms with Crippen molar-refractivity contribution in [2.24, 2.45) is 0 Å². The van der Waals surface area contributed by atoms with Crippen LogP contribution in [0.25, 0.3) is 0 Å². The molecular weight excluding hydrogens is 444 g/mol. The summed E-state index contributed by atoms with van der Waals surface area (Å²) >= 11 is 0. The van der Waals surface area contributed by atoms with Gasteiger partial charge in [0, 0.05) is 24.5 Å². The summed E-state index contributed by atoms with van der Waals surface area (Å²) in [5.74, 6) is 0.0697. The highest BCUT2D eigenvalue weighted by atomic mass is 32.2. The Balaban J connectivity index is 1.98. The second kappa shape index (κ2) is 11.8. The molecule has 0 unspecified atom stereocenters. The fraction of sp³-hybridized carbons (Fsp3) is 0.391. The van der Waals surface area contributed by atoms with E-state index in [1.54, 1.807) is 70.2 Å². The zero-order valence-corrected chi connectivity index (χ0v) is 20.5. The van der Waals surface area contributed by atoms with Gasteiger partial charge < -0.3 is 15.4 Å². The van der Waals surface area contributed by atoms with Crippen LogP contribution in [0.4, 0.5) is 11.4 Å². The second-order valence-corrected chi connectivity index (χ2v) is 9.50. The average molecular weight is 477 g/mol. The summed E-state index contributed by atoms with van der Waals surface area (Å²) in [4.78, 5) is 26.5. The van der Waals surface area contributed by atoms with Gasteiger partial charge in [0.05, 0.1) is 25.1 Å². The summed E-state index contributed by atoms with van der Waals surface area (Å²) in [6.45, 7) is 6.03. The number of hydrogen-bond acceptors (Lipinski definition) is 6. The lowest BCUT2D eigenvalue weighted by Gasteiger charge is -2.20. The number of hydrogen-bond donors (Lipinski definition) is 2. The number of carbonyl (C=O) groups is 2. The maximum Gasteiger partial charge on any atom is 0.243 e. The number of aryl methyl sites for hydroxylation is 1. The van der Waals surface area contributed by atoms with E-state index in [-0.39, 0.29) is 29.8 Å². The van der Waals surface area contributed by atoms with E-state index >= 15 is 0 Å². The van der Waals surface area contributed by atoms with Gasteiger partial charge in [-0.3, -0.25) is 14.5 Å². The van der Waals surface area contributed by atoms with Crippen LogP contribution in [0.1, 0.15) is 19.4 Å². The van der Waals surface area contributed by atoms with Gasteiger partial charge in [-0.05, 0) is 55.9 Å². The lowest BCUT2D eigenvalue weighted by molar-refractivity contribution is -0.119. The maximum absolute atomic E-state index is 12.8. The van der Waals surface area contributed by atoms with Crippen LogP contribution in [-0.2, 0) is 19.6 Å². The number of nitrogens with one attached hydrogen (secondary N) is 2. The molecule has 180 valence electrons. The number of methoxy groups -OCH3 is 1. The Bertz CT molecular complexity index is 1070. The van der Waals surface area contributed by atoms with Crippen molar-refractivity contribution in [2.75, 3.05) is 51.0 Å². The molecule has 0 saturated carbocycles. The molecule has 0 saturated heterocycles. The molecule has 0 heterocycles. The minimum absolute atomic E-state index is 0.00874. The Labute approximate surface area is 195 Å². The van der Waals surface area contributed by atoms with Crippen LogP contribution in [0.15, 0.2) is 47.4 Å². The van der Waals surface area contributed by atoms with Gasteiger partial charge in [0.25, 0.3) is 0 Å². The molecule has 0 aromatic heterocycles. The molecule has 2 rings (SSSR count). The smallest absolute Gasteiger partial charge is 0.243 e. The average Bonchev–Trinajstić information content (AvgIpc) is 2.76. The molecule has 0 radical (unpaired) electrons. The highest BCUT2D eigenvalue weighted by Crippen LogP contribution is 2.23. The van der Waals surface area contributed by atoms with Crippen LogP contribution in [-0.4, -0.2) is 69.8 Å². The Kier molecular flexibility index (Phi) is 9.39. The van der Waals surface area contributed by atoms with E-state index in [4.69, 9.17) is 4.74 Å². The zero-order valence-electron chi connectivity index (χ0n) is 19.7. The van der Waals surface area contributed by atoms with Gasteiger partial charge in [0.1, 0.15) is 5.75 Å². The number of amides is 2. The summed E-state index contributed by atoms with van der Waals surface area (Å²) < 4.78 is 32.0. The molecular formula is C23H32N4O5S. The third-order valence-electron chi connectivity index (χ3n) is 5.03. The lowest BCUT2D eigenvalue weighted by atomic mass is 10.2. The Hall–Kier alpha value is -2.95. The summed E-state index contributed by atoms with van der Waals surface area (Å²) in [7, 11) is -0.420. The van der Waals surface area contributed by atoms with E-state index in [1.807, 2.05) is 0 Å². The Morgan fingerprint density at radius 2 is 1.52 bits per heavy atom. The third kappa shape index (κ3) is 7.28. The fourth-order valence-corrected chi connectivity index (χ4v) is 4.70.